The van der Waals surface area contributed by atoms with Gasteiger partial charge in [-0.05, 0) is 36.2 Å². The quantitative estimate of drug-likeness (QED) is 0.471. The molecule has 0 N–H and O–H groups in total. The molecule has 0 amide bonds. The second-order valence-electron chi connectivity index (χ2n) is 4.28. The monoisotopic (exact) mass is 297 g/mol. The highest BCUT2D eigenvalue weighted by atomic mass is 79.9. The molecule has 1 aromatic rings. The van der Waals surface area contributed by atoms with Gasteiger partial charge < -0.3 is 4.84 Å². The predicted molar refractivity (Wildman–Crippen MR) is 72.6 cm³/mol. The van der Waals surface area contributed by atoms with Gasteiger partial charge >= 0.3 is 0 Å². The van der Waals surface area contributed by atoms with Gasteiger partial charge in [0.15, 0.2) is 4.62 Å². The molecule has 1 rings (SSSR count). The van der Waals surface area contributed by atoms with E-state index < -0.39 is 0 Å². The van der Waals surface area contributed by atoms with E-state index in [1.807, 2.05) is 39.0 Å². The molecule has 0 heterocycles. The van der Waals surface area contributed by atoms with Crippen molar-refractivity contribution in [3.05, 3.63) is 35.9 Å². The zero-order valence-electron chi connectivity index (χ0n) is 10.2. The fourth-order valence-electron chi connectivity index (χ4n) is 0.978. The molecule has 17 heavy (non-hydrogen) atoms. The first kappa shape index (κ1) is 13.9. The third kappa shape index (κ3) is 4.30. The first-order valence-corrected chi connectivity index (χ1v) is 6.27. The standard InChI is InChI=1S/C13H16BrNO2/c1-4-13(2,3)17-15-12(14)11(16)10-8-6-5-7-9-10/h5-9H,4H2,1-3H3/b15-12-. The maximum Gasteiger partial charge on any atom is 0.221 e. The van der Waals surface area contributed by atoms with Crippen LogP contribution in [0, 0.1) is 0 Å². The number of oxime groups is 1. The van der Waals surface area contributed by atoms with Crippen LogP contribution in [0.4, 0.5) is 0 Å². The molecule has 0 saturated heterocycles. The molecule has 0 bridgehead atoms. The van der Waals surface area contributed by atoms with E-state index in [1.165, 1.54) is 0 Å². The maximum absolute atomic E-state index is 11.9. The number of carbonyl (C=O) groups is 1. The lowest BCUT2D eigenvalue weighted by molar-refractivity contribution is -0.0161. The summed E-state index contributed by atoms with van der Waals surface area (Å²) in [6.07, 6.45) is 0.816. The largest absolute Gasteiger partial charge is 0.389 e. The van der Waals surface area contributed by atoms with Crippen molar-refractivity contribution in [3.8, 4) is 0 Å². The first-order valence-electron chi connectivity index (χ1n) is 5.47. The van der Waals surface area contributed by atoms with Crippen LogP contribution in [0.1, 0.15) is 37.6 Å². The van der Waals surface area contributed by atoms with Crippen molar-refractivity contribution >= 4 is 26.3 Å². The number of nitrogens with zero attached hydrogens (tertiary/aromatic N) is 1. The zero-order valence-corrected chi connectivity index (χ0v) is 11.8. The van der Waals surface area contributed by atoms with Crippen LogP contribution in [0.2, 0.25) is 0 Å². The van der Waals surface area contributed by atoms with Crippen LogP contribution < -0.4 is 0 Å². The Hall–Kier alpha value is -1.16. The Labute approximate surface area is 110 Å². The summed E-state index contributed by atoms with van der Waals surface area (Å²) in [5.74, 6) is -0.183. The van der Waals surface area contributed by atoms with Crippen LogP contribution in [0.3, 0.4) is 0 Å². The molecule has 3 nitrogen and oxygen atoms in total. The highest BCUT2D eigenvalue weighted by Gasteiger charge is 2.18. The number of Topliss-reactive ketones (excluding diaryl/α,β-unsaturated/α-hetero) is 1. The molecule has 0 unspecified atom stereocenters. The molecular weight excluding hydrogens is 282 g/mol. The van der Waals surface area contributed by atoms with Gasteiger partial charge in [0.1, 0.15) is 5.60 Å². The molecule has 0 spiro atoms. The van der Waals surface area contributed by atoms with Crippen LogP contribution in [0.5, 0.6) is 0 Å². The summed E-state index contributed by atoms with van der Waals surface area (Å²) < 4.78 is 0.185. The second-order valence-corrected chi connectivity index (χ2v) is 5.03. The Bertz CT molecular complexity index is 413. The van der Waals surface area contributed by atoms with Crippen LogP contribution >= 0.6 is 15.9 Å². The number of rotatable bonds is 5. The van der Waals surface area contributed by atoms with Crippen molar-refractivity contribution in [2.75, 3.05) is 0 Å². The average Bonchev–Trinajstić information content (AvgIpc) is 2.36. The van der Waals surface area contributed by atoms with Gasteiger partial charge in [-0.2, -0.15) is 0 Å². The third-order valence-electron chi connectivity index (χ3n) is 2.45. The van der Waals surface area contributed by atoms with Gasteiger partial charge in [-0.15, -0.1) is 0 Å². The molecule has 0 saturated carbocycles. The Balaban J connectivity index is 2.74. The van der Waals surface area contributed by atoms with Gasteiger partial charge in [0.05, 0.1) is 0 Å². The number of benzene rings is 1. The molecule has 0 aliphatic heterocycles. The summed E-state index contributed by atoms with van der Waals surface area (Å²) in [6.45, 7) is 5.84. The smallest absolute Gasteiger partial charge is 0.221 e. The van der Waals surface area contributed by atoms with Crippen LogP contribution in [-0.2, 0) is 4.84 Å². The van der Waals surface area contributed by atoms with Gasteiger partial charge in [-0.25, -0.2) is 0 Å². The Morgan fingerprint density at radius 3 is 2.47 bits per heavy atom. The van der Waals surface area contributed by atoms with Crippen molar-refractivity contribution < 1.29 is 9.63 Å². The lowest BCUT2D eigenvalue weighted by Crippen LogP contribution is -2.21. The second kappa shape index (κ2) is 5.96. The van der Waals surface area contributed by atoms with E-state index in [2.05, 4.69) is 21.1 Å². The summed E-state index contributed by atoms with van der Waals surface area (Å²) in [4.78, 5) is 17.2. The van der Waals surface area contributed by atoms with Crippen molar-refractivity contribution in [3.63, 3.8) is 0 Å². The summed E-state index contributed by atoms with van der Waals surface area (Å²) in [7, 11) is 0. The molecule has 0 atom stereocenters. The highest BCUT2D eigenvalue weighted by molar-refractivity contribution is 9.19. The molecule has 0 aliphatic rings. The SMILES string of the molecule is CCC(C)(C)O/N=C(\Br)C(=O)c1ccccc1. The van der Waals surface area contributed by atoms with Gasteiger partial charge in [0.2, 0.25) is 5.78 Å². The minimum absolute atomic E-state index is 0.183. The van der Waals surface area contributed by atoms with Crippen molar-refractivity contribution in [1.29, 1.82) is 0 Å². The van der Waals surface area contributed by atoms with Crippen molar-refractivity contribution in [1.82, 2.24) is 0 Å². The average molecular weight is 298 g/mol. The summed E-state index contributed by atoms with van der Waals surface area (Å²) in [5.41, 5.74) is 0.219. The lowest BCUT2D eigenvalue weighted by atomic mass is 10.1. The van der Waals surface area contributed by atoms with E-state index in [0.717, 1.165) is 6.42 Å². The van der Waals surface area contributed by atoms with Gasteiger partial charge in [0.25, 0.3) is 0 Å². The Morgan fingerprint density at radius 1 is 1.35 bits per heavy atom. The Kier molecular flexibility index (Phi) is 4.87. The minimum atomic E-state index is -0.365. The summed E-state index contributed by atoms with van der Waals surface area (Å²) in [5, 5.41) is 3.83. The van der Waals surface area contributed by atoms with E-state index >= 15 is 0 Å². The lowest BCUT2D eigenvalue weighted by Gasteiger charge is -2.19. The van der Waals surface area contributed by atoms with E-state index in [-0.39, 0.29) is 16.0 Å². The normalized spacial score (nSPS) is 12.4. The molecule has 0 fully saturated rings. The van der Waals surface area contributed by atoms with Crippen molar-refractivity contribution in [2.24, 2.45) is 5.16 Å². The maximum atomic E-state index is 11.9. The topological polar surface area (TPSA) is 38.7 Å². The van der Waals surface area contributed by atoms with E-state index in [4.69, 9.17) is 4.84 Å². The van der Waals surface area contributed by atoms with E-state index in [0.29, 0.717) is 5.56 Å². The molecule has 1 aromatic carbocycles. The molecule has 0 aliphatic carbocycles. The number of ketones is 1. The van der Waals surface area contributed by atoms with Crippen molar-refractivity contribution in [2.45, 2.75) is 32.8 Å². The number of halogens is 1. The van der Waals surface area contributed by atoms with Crippen LogP contribution in [0.15, 0.2) is 35.5 Å². The van der Waals surface area contributed by atoms with Crippen LogP contribution in [0.25, 0.3) is 0 Å². The first-order chi connectivity index (χ1) is 7.96. The fourth-order valence-corrected chi connectivity index (χ4v) is 1.28. The van der Waals surface area contributed by atoms with Gasteiger partial charge in [-0.1, -0.05) is 42.4 Å². The third-order valence-corrected chi connectivity index (χ3v) is 2.95. The fraction of sp³-hybridized carbons (Fsp3) is 0.385. The number of hydrogen-bond acceptors (Lipinski definition) is 3. The highest BCUT2D eigenvalue weighted by Crippen LogP contribution is 2.15. The molecule has 92 valence electrons. The van der Waals surface area contributed by atoms with Gasteiger partial charge in [0, 0.05) is 5.56 Å². The van der Waals surface area contributed by atoms with E-state index in [9.17, 15) is 4.79 Å². The predicted octanol–water partition coefficient (Wildman–Crippen LogP) is 3.78. The van der Waals surface area contributed by atoms with E-state index in [1.54, 1.807) is 12.1 Å². The van der Waals surface area contributed by atoms with Crippen LogP contribution in [-0.4, -0.2) is 16.0 Å². The molecule has 0 radical (unpaired) electrons. The summed E-state index contributed by atoms with van der Waals surface area (Å²) >= 11 is 3.14. The molecule has 4 heteroatoms. The van der Waals surface area contributed by atoms with Gasteiger partial charge in [-0.3, -0.25) is 4.79 Å². The number of hydrogen-bond donors (Lipinski definition) is 0. The molecular formula is C13H16BrNO2. The number of carbonyl (C=O) groups excluding carboxylic acids is 1. The summed E-state index contributed by atoms with van der Waals surface area (Å²) in [6, 6.07) is 8.96. The Morgan fingerprint density at radius 2 is 1.94 bits per heavy atom. The molecule has 0 aromatic heterocycles. The zero-order chi connectivity index (χ0) is 12.9. The minimum Gasteiger partial charge on any atom is -0.389 e.